The molecule has 1 heterocycles. The van der Waals surface area contributed by atoms with Crippen molar-refractivity contribution < 1.29 is 9.53 Å². The topological polar surface area (TPSA) is 85.6 Å². The average molecular weight is 612 g/mol. The molecule has 1 N–H and O–H groups in total. The number of aromatic nitrogens is 2. The van der Waals surface area contributed by atoms with Crippen LogP contribution in [0, 0.1) is 6.92 Å². The Morgan fingerprint density at radius 2 is 1.86 bits per heavy atom. The van der Waals surface area contributed by atoms with Crippen molar-refractivity contribution in [2.75, 3.05) is 11.9 Å². The number of nitrogens with zero attached hydrogens (tertiary/aromatic N) is 3. The molecule has 4 aromatic rings. The van der Waals surface area contributed by atoms with E-state index in [4.69, 9.17) is 4.74 Å². The second-order valence-electron chi connectivity index (χ2n) is 8.13. The molecule has 36 heavy (non-hydrogen) atoms. The second-order valence-corrected chi connectivity index (χ2v) is 9.97. The number of amides is 1. The lowest BCUT2D eigenvalue weighted by atomic mass is 10.2. The number of carbonyl (C=O) groups excluding carboxylic acids is 1. The molecule has 7 nitrogen and oxygen atoms in total. The third-order valence-corrected chi connectivity index (χ3v) is 6.40. The number of benzene rings is 3. The fraction of sp³-hybridized carbons (Fsp3) is 0.185. The van der Waals surface area contributed by atoms with Gasteiger partial charge in [0.15, 0.2) is 6.61 Å². The van der Waals surface area contributed by atoms with Crippen LogP contribution in [0.25, 0.3) is 10.9 Å². The van der Waals surface area contributed by atoms with Gasteiger partial charge in [-0.1, -0.05) is 57.0 Å². The van der Waals surface area contributed by atoms with Crippen molar-refractivity contribution in [2.45, 2.75) is 26.7 Å². The minimum absolute atomic E-state index is 0.177. The summed E-state index contributed by atoms with van der Waals surface area (Å²) in [6.45, 7) is 3.77. The first-order valence-corrected chi connectivity index (χ1v) is 13.0. The van der Waals surface area contributed by atoms with E-state index in [9.17, 15) is 9.59 Å². The van der Waals surface area contributed by atoms with Gasteiger partial charge in [0.05, 0.1) is 17.1 Å². The van der Waals surface area contributed by atoms with Crippen LogP contribution in [-0.4, -0.2) is 28.4 Å². The van der Waals surface area contributed by atoms with Gasteiger partial charge in [0, 0.05) is 26.6 Å². The summed E-state index contributed by atoms with van der Waals surface area (Å²) in [5.41, 5.74) is 2.69. The zero-order valence-electron chi connectivity index (χ0n) is 19.8. The van der Waals surface area contributed by atoms with E-state index in [1.807, 2.05) is 62.4 Å². The van der Waals surface area contributed by atoms with Gasteiger partial charge in [-0.2, -0.15) is 9.78 Å². The number of hydrogen-bond acceptors (Lipinski definition) is 5. The molecule has 4 rings (SSSR count). The Kier molecular flexibility index (Phi) is 8.32. The second kappa shape index (κ2) is 11.6. The smallest absolute Gasteiger partial charge is 0.282 e. The van der Waals surface area contributed by atoms with Crippen LogP contribution in [0.15, 0.2) is 79.5 Å². The van der Waals surface area contributed by atoms with Crippen LogP contribution < -0.4 is 15.6 Å². The van der Waals surface area contributed by atoms with Crippen molar-refractivity contribution in [2.24, 2.45) is 5.10 Å². The molecule has 184 valence electrons. The Bertz CT molecular complexity index is 1520. The molecule has 0 aliphatic carbocycles. The van der Waals surface area contributed by atoms with Gasteiger partial charge in [-0.25, -0.2) is 4.98 Å². The number of para-hydroxylation sites is 1. The normalized spacial score (nSPS) is 11.2. The molecular weight excluding hydrogens is 588 g/mol. The molecule has 9 heteroatoms. The summed E-state index contributed by atoms with van der Waals surface area (Å²) in [6, 6.07) is 18.3. The molecule has 0 bridgehead atoms. The largest absolute Gasteiger partial charge is 0.483 e. The van der Waals surface area contributed by atoms with Crippen LogP contribution in [-0.2, 0) is 11.2 Å². The molecule has 0 radical (unpaired) electrons. The Hall–Kier alpha value is -3.30. The molecular formula is C27H24Br2N4O3. The van der Waals surface area contributed by atoms with Gasteiger partial charge < -0.3 is 10.1 Å². The predicted octanol–water partition coefficient (Wildman–Crippen LogP) is 6.08. The number of ether oxygens (including phenoxy) is 1. The number of halogens is 2. The minimum atomic E-state index is -0.277. The number of rotatable bonds is 8. The molecule has 0 aliphatic heterocycles. The molecule has 1 aromatic heterocycles. The fourth-order valence-electron chi connectivity index (χ4n) is 3.61. The quantitative estimate of drug-likeness (QED) is 0.245. The highest BCUT2D eigenvalue weighted by Crippen LogP contribution is 2.23. The van der Waals surface area contributed by atoms with Crippen molar-refractivity contribution >= 4 is 60.6 Å². The molecule has 0 fully saturated rings. The third-order valence-electron chi connectivity index (χ3n) is 5.41. The monoisotopic (exact) mass is 610 g/mol. The standard InChI is InChI=1S/C27H24Br2N4O3/c1-3-6-25-31-23-11-9-20(29)14-21(23)27(35)33(25)30-15-18-13-19(28)10-12-24(18)36-16-26(34)32-22-8-5-4-7-17(22)2/h4-5,7-15H,3,6,16H2,1-2H3,(H,32,34). The van der Waals surface area contributed by atoms with Crippen molar-refractivity contribution in [1.82, 2.24) is 9.66 Å². The Morgan fingerprint density at radius 3 is 2.64 bits per heavy atom. The van der Waals surface area contributed by atoms with E-state index in [1.165, 1.54) is 4.68 Å². The summed E-state index contributed by atoms with van der Waals surface area (Å²) in [5.74, 6) is 0.757. The molecule has 0 aliphatic rings. The van der Waals surface area contributed by atoms with Gasteiger partial charge in [0.1, 0.15) is 11.6 Å². The molecule has 0 atom stereocenters. The third kappa shape index (κ3) is 6.09. The fourth-order valence-corrected chi connectivity index (χ4v) is 4.35. The lowest BCUT2D eigenvalue weighted by molar-refractivity contribution is -0.118. The van der Waals surface area contributed by atoms with Crippen molar-refractivity contribution in [3.63, 3.8) is 0 Å². The van der Waals surface area contributed by atoms with E-state index in [2.05, 4.69) is 47.3 Å². The number of hydrogen-bond donors (Lipinski definition) is 1. The summed E-state index contributed by atoms with van der Waals surface area (Å²) in [7, 11) is 0. The highest BCUT2D eigenvalue weighted by Gasteiger charge is 2.12. The van der Waals surface area contributed by atoms with E-state index < -0.39 is 0 Å². The number of nitrogens with one attached hydrogen (secondary N) is 1. The van der Waals surface area contributed by atoms with E-state index in [-0.39, 0.29) is 18.1 Å². The van der Waals surface area contributed by atoms with E-state index >= 15 is 0 Å². The van der Waals surface area contributed by atoms with E-state index in [1.54, 1.807) is 18.3 Å². The van der Waals surface area contributed by atoms with Crippen LogP contribution in [0.1, 0.15) is 30.3 Å². The maximum atomic E-state index is 13.3. The summed E-state index contributed by atoms with van der Waals surface area (Å²) in [4.78, 5) is 30.4. The van der Waals surface area contributed by atoms with Gasteiger partial charge in [0.2, 0.25) is 0 Å². The molecule has 0 saturated heterocycles. The first-order chi connectivity index (χ1) is 17.4. The van der Waals surface area contributed by atoms with Crippen molar-refractivity contribution in [1.29, 1.82) is 0 Å². The molecule has 3 aromatic carbocycles. The van der Waals surface area contributed by atoms with Crippen molar-refractivity contribution in [3.05, 3.63) is 96.9 Å². The number of anilines is 1. The van der Waals surface area contributed by atoms with Crippen LogP contribution in [0.3, 0.4) is 0 Å². The summed E-state index contributed by atoms with van der Waals surface area (Å²) in [6.07, 6.45) is 2.95. The Labute approximate surface area is 225 Å². The Morgan fingerprint density at radius 1 is 1.11 bits per heavy atom. The van der Waals surface area contributed by atoms with E-state index in [0.717, 1.165) is 26.6 Å². The van der Waals surface area contributed by atoms with E-state index in [0.29, 0.717) is 34.5 Å². The van der Waals surface area contributed by atoms with Crippen LogP contribution in [0.4, 0.5) is 5.69 Å². The minimum Gasteiger partial charge on any atom is -0.483 e. The first kappa shape index (κ1) is 25.8. The van der Waals surface area contributed by atoms with Gasteiger partial charge in [-0.05, 0) is 61.4 Å². The van der Waals surface area contributed by atoms with Gasteiger partial charge >= 0.3 is 0 Å². The van der Waals surface area contributed by atoms with Crippen molar-refractivity contribution in [3.8, 4) is 5.75 Å². The number of aryl methyl sites for hydroxylation is 2. The van der Waals surface area contributed by atoms with Crippen LogP contribution in [0.2, 0.25) is 0 Å². The number of fused-ring (bicyclic) bond motifs is 1. The molecule has 0 saturated carbocycles. The average Bonchev–Trinajstić information content (AvgIpc) is 2.85. The zero-order chi connectivity index (χ0) is 25.7. The van der Waals surface area contributed by atoms with Crippen LogP contribution in [0.5, 0.6) is 5.75 Å². The number of carbonyl (C=O) groups is 1. The Balaban J connectivity index is 1.61. The highest BCUT2D eigenvalue weighted by molar-refractivity contribution is 9.10. The summed E-state index contributed by atoms with van der Waals surface area (Å²) in [5, 5.41) is 7.81. The maximum absolute atomic E-state index is 13.3. The SMILES string of the molecule is CCCc1nc2ccc(Br)cc2c(=O)n1N=Cc1cc(Br)ccc1OCC(=O)Nc1ccccc1C. The molecule has 1 amide bonds. The highest BCUT2D eigenvalue weighted by atomic mass is 79.9. The summed E-state index contributed by atoms with van der Waals surface area (Å²) >= 11 is 6.88. The lowest BCUT2D eigenvalue weighted by Gasteiger charge is -2.12. The summed E-state index contributed by atoms with van der Waals surface area (Å²) < 4.78 is 8.74. The first-order valence-electron chi connectivity index (χ1n) is 11.4. The van der Waals surface area contributed by atoms with Gasteiger partial charge in [0.25, 0.3) is 11.5 Å². The molecule has 0 unspecified atom stereocenters. The van der Waals surface area contributed by atoms with Crippen LogP contribution >= 0.6 is 31.9 Å². The zero-order valence-corrected chi connectivity index (χ0v) is 23.0. The lowest BCUT2D eigenvalue weighted by Crippen LogP contribution is -2.22. The molecule has 0 spiro atoms. The predicted molar refractivity (Wildman–Crippen MR) is 150 cm³/mol. The van der Waals surface area contributed by atoms with Gasteiger partial charge in [-0.15, -0.1) is 0 Å². The van der Waals surface area contributed by atoms with Gasteiger partial charge in [-0.3, -0.25) is 9.59 Å². The maximum Gasteiger partial charge on any atom is 0.282 e.